The van der Waals surface area contributed by atoms with Crippen LogP contribution >= 0.6 is 0 Å². The highest BCUT2D eigenvalue weighted by atomic mass is 16.5. The summed E-state index contributed by atoms with van der Waals surface area (Å²) in [6.07, 6.45) is 9.61. The molecule has 158 valence electrons. The minimum absolute atomic E-state index is 0.165. The lowest BCUT2D eigenvalue weighted by molar-refractivity contribution is -0.148. The minimum Gasteiger partial charge on any atom is -0.504 e. The number of ether oxygens (including phenoxy) is 2. The largest absolute Gasteiger partial charge is 0.504 e. The monoisotopic (exact) mass is 392 g/mol. The van der Waals surface area contributed by atoms with E-state index < -0.39 is 6.10 Å². The van der Waals surface area contributed by atoms with Crippen molar-refractivity contribution in [1.82, 2.24) is 0 Å². The van der Waals surface area contributed by atoms with Gasteiger partial charge < -0.3 is 19.7 Å². The molecule has 2 unspecified atom stereocenters. The number of unbranched alkanes of at least 4 members (excludes halogenated alkanes) is 2. The molecule has 0 bridgehead atoms. The second-order valence-electron chi connectivity index (χ2n) is 7.98. The molecule has 1 aromatic rings. The van der Waals surface area contributed by atoms with Gasteiger partial charge >= 0.3 is 5.97 Å². The molecular formula is C23H36O5. The predicted octanol–water partition coefficient (Wildman–Crippen LogP) is 4.91. The average molecular weight is 393 g/mol. The van der Waals surface area contributed by atoms with E-state index in [0.29, 0.717) is 25.0 Å². The molecule has 5 nitrogen and oxygen atoms in total. The number of benzene rings is 1. The lowest BCUT2D eigenvalue weighted by atomic mass is 9.99. The van der Waals surface area contributed by atoms with Gasteiger partial charge in [-0.3, -0.25) is 4.79 Å². The van der Waals surface area contributed by atoms with Gasteiger partial charge in [0.2, 0.25) is 0 Å². The molecule has 0 heterocycles. The lowest BCUT2D eigenvalue weighted by Crippen LogP contribution is -2.23. The molecule has 0 spiro atoms. The maximum atomic E-state index is 11.4. The molecule has 1 aromatic carbocycles. The van der Waals surface area contributed by atoms with Crippen molar-refractivity contribution in [2.45, 2.75) is 103 Å². The van der Waals surface area contributed by atoms with Crippen LogP contribution in [-0.4, -0.2) is 34.5 Å². The summed E-state index contributed by atoms with van der Waals surface area (Å²) in [4.78, 5) is 11.4. The second kappa shape index (κ2) is 11.9. The average Bonchev–Trinajstić information content (AvgIpc) is 3.15. The molecule has 2 rings (SSSR count). The van der Waals surface area contributed by atoms with E-state index in [-0.39, 0.29) is 23.9 Å². The maximum Gasteiger partial charge on any atom is 0.302 e. The van der Waals surface area contributed by atoms with Crippen molar-refractivity contribution < 1.29 is 24.5 Å². The van der Waals surface area contributed by atoms with Crippen LogP contribution in [-0.2, 0) is 16.0 Å². The van der Waals surface area contributed by atoms with Crippen LogP contribution in [0.15, 0.2) is 18.2 Å². The van der Waals surface area contributed by atoms with Gasteiger partial charge in [0, 0.05) is 13.3 Å². The van der Waals surface area contributed by atoms with Gasteiger partial charge in [0.05, 0.1) is 12.2 Å². The normalized spacial score (nSPS) is 16.7. The Balaban J connectivity index is 1.90. The van der Waals surface area contributed by atoms with Crippen molar-refractivity contribution in [2.75, 3.05) is 0 Å². The summed E-state index contributed by atoms with van der Waals surface area (Å²) >= 11 is 0. The van der Waals surface area contributed by atoms with Crippen LogP contribution in [0.3, 0.4) is 0 Å². The molecule has 2 atom stereocenters. The SMILES string of the molecule is CCCCCC(O)CC(CCc1ccc(O)c(OC2CCCC2)c1)OC(C)=O. The van der Waals surface area contributed by atoms with Gasteiger partial charge in [0.25, 0.3) is 0 Å². The Morgan fingerprint density at radius 2 is 1.96 bits per heavy atom. The Morgan fingerprint density at radius 3 is 2.64 bits per heavy atom. The van der Waals surface area contributed by atoms with Crippen LogP contribution in [0.5, 0.6) is 11.5 Å². The molecule has 0 saturated heterocycles. The summed E-state index contributed by atoms with van der Waals surface area (Å²) in [5.74, 6) is 0.383. The zero-order chi connectivity index (χ0) is 20.4. The number of hydrogen-bond acceptors (Lipinski definition) is 5. The molecule has 1 aliphatic carbocycles. The van der Waals surface area contributed by atoms with Gasteiger partial charge in [-0.15, -0.1) is 0 Å². The molecule has 2 N–H and O–H groups in total. The van der Waals surface area contributed by atoms with Crippen molar-refractivity contribution in [3.8, 4) is 11.5 Å². The standard InChI is InChI=1S/C23H36O5/c1-3-4-5-8-19(25)16-21(27-17(2)24)13-11-18-12-14-22(26)23(15-18)28-20-9-6-7-10-20/h12,14-15,19-21,25-26H,3-11,13,16H2,1-2H3. The Bertz CT molecular complexity index is 595. The number of aryl methyl sites for hydroxylation is 1. The molecule has 28 heavy (non-hydrogen) atoms. The first kappa shape index (κ1) is 22.5. The highest BCUT2D eigenvalue weighted by Crippen LogP contribution is 2.32. The number of phenols is 1. The topological polar surface area (TPSA) is 76.0 Å². The molecule has 0 aromatic heterocycles. The first-order chi connectivity index (χ1) is 13.5. The van der Waals surface area contributed by atoms with E-state index in [1.807, 2.05) is 12.1 Å². The summed E-state index contributed by atoms with van der Waals surface area (Å²) in [5.41, 5.74) is 1.03. The second-order valence-corrected chi connectivity index (χ2v) is 7.98. The third-order valence-corrected chi connectivity index (χ3v) is 5.38. The van der Waals surface area contributed by atoms with Crippen LogP contribution < -0.4 is 4.74 Å². The molecule has 1 saturated carbocycles. The van der Waals surface area contributed by atoms with E-state index in [1.54, 1.807) is 6.07 Å². The number of hydrogen-bond donors (Lipinski definition) is 2. The predicted molar refractivity (Wildman–Crippen MR) is 110 cm³/mol. The molecule has 1 fully saturated rings. The van der Waals surface area contributed by atoms with Crippen molar-refractivity contribution in [3.63, 3.8) is 0 Å². The summed E-state index contributed by atoms with van der Waals surface area (Å²) in [5, 5.41) is 20.3. The molecule has 0 aliphatic heterocycles. The summed E-state index contributed by atoms with van der Waals surface area (Å²) in [7, 11) is 0. The quantitative estimate of drug-likeness (QED) is 0.390. The van der Waals surface area contributed by atoms with E-state index >= 15 is 0 Å². The fraction of sp³-hybridized carbons (Fsp3) is 0.696. The van der Waals surface area contributed by atoms with Gasteiger partial charge in [0.15, 0.2) is 11.5 Å². The molecular weight excluding hydrogens is 356 g/mol. The summed E-state index contributed by atoms with van der Waals surface area (Å²) in [6.45, 7) is 3.54. The van der Waals surface area contributed by atoms with Crippen molar-refractivity contribution >= 4 is 5.97 Å². The fourth-order valence-electron chi connectivity index (χ4n) is 3.83. The summed E-state index contributed by atoms with van der Waals surface area (Å²) in [6, 6.07) is 5.43. The molecule has 0 radical (unpaired) electrons. The van der Waals surface area contributed by atoms with Crippen LogP contribution in [0.4, 0.5) is 0 Å². The third kappa shape index (κ3) is 8.09. The maximum absolute atomic E-state index is 11.4. The highest BCUT2D eigenvalue weighted by molar-refractivity contribution is 5.66. The van der Waals surface area contributed by atoms with Crippen molar-refractivity contribution in [1.29, 1.82) is 0 Å². The molecule has 0 amide bonds. The van der Waals surface area contributed by atoms with Gasteiger partial charge in [-0.1, -0.05) is 32.3 Å². The number of aliphatic hydroxyl groups excluding tert-OH is 1. The van der Waals surface area contributed by atoms with Crippen LogP contribution in [0.1, 0.15) is 83.6 Å². The summed E-state index contributed by atoms with van der Waals surface area (Å²) < 4.78 is 11.4. The zero-order valence-corrected chi connectivity index (χ0v) is 17.4. The first-order valence-electron chi connectivity index (χ1n) is 10.8. The minimum atomic E-state index is -0.447. The van der Waals surface area contributed by atoms with E-state index in [1.165, 1.54) is 19.8 Å². The zero-order valence-electron chi connectivity index (χ0n) is 17.4. The number of phenolic OH excluding ortho intramolecular Hbond substituents is 1. The number of esters is 1. The van der Waals surface area contributed by atoms with E-state index in [9.17, 15) is 15.0 Å². The number of aliphatic hydroxyl groups is 1. The Hall–Kier alpha value is -1.75. The van der Waals surface area contributed by atoms with Gasteiger partial charge in [-0.2, -0.15) is 0 Å². The lowest BCUT2D eigenvalue weighted by Gasteiger charge is -2.21. The first-order valence-corrected chi connectivity index (χ1v) is 10.8. The van der Waals surface area contributed by atoms with Gasteiger partial charge in [-0.25, -0.2) is 0 Å². The number of carbonyl (C=O) groups excluding carboxylic acids is 1. The Labute approximate surface area is 169 Å². The molecule has 1 aliphatic rings. The van der Waals surface area contributed by atoms with E-state index in [4.69, 9.17) is 9.47 Å². The van der Waals surface area contributed by atoms with Crippen LogP contribution in [0, 0.1) is 0 Å². The van der Waals surface area contributed by atoms with Gasteiger partial charge in [-0.05, 0) is 62.6 Å². The smallest absolute Gasteiger partial charge is 0.302 e. The number of aromatic hydroxyl groups is 1. The van der Waals surface area contributed by atoms with E-state index in [2.05, 4.69) is 6.92 Å². The van der Waals surface area contributed by atoms with Gasteiger partial charge in [0.1, 0.15) is 6.10 Å². The van der Waals surface area contributed by atoms with Crippen molar-refractivity contribution in [2.24, 2.45) is 0 Å². The Kier molecular flexibility index (Phi) is 9.62. The van der Waals surface area contributed by atoms with Crippen LogP contribution in [0.2, 0.25) is 0 Å². The third-order valence-electron chi connectivity index (χ3n) is 5.38. The van der Waals surface area contributed by atoms with Crippen LogP contribution in [0.25, 0.3) is 0 Å². The Morgan fingerprint density at radius 1 is 1.21 bits per heavy atom. The fourth-order valence-corrected chi connectivity index (χ4v) is 3.83. The highest BCUT2D eigenvalue weighted by Gasteiger charge is 2.20. The van der Waals surface area contributed by atoms with E-state index in [0.717, 1.165) is 44.1 Å². The number of rotatable bonds is 12. The number of carbonyl (C=O) groups is 1. The van der Waals surface area contributed by atoms with Crippen molar-refractivity contribution in [3.05, 3.63) is 23.8 Å². The molecule has 5 heteroatoms.